The summed E-state index contributed by atoms with van der Waals surface area (Å²) in [6, 6.07) is 7.93. The van der Waals surface area contributed by atoms with Gasteiger partial charge in [-0.3, -0.25) is 4.68 Å². The van der Waals surface area contributed by atoms with E-state index in [0.29, 0.717) is 12.5 Å². The summed E-state index contributed by atoms with van der Waals surface area (Å²) in [6.07, 6.45) is 10.5. The summed E-state index contributed by atoms with van der Waals surface area (Å²) in [4.78, 5) is 8.63. The van der Waals surface area contributed by atoms with Crippen LogP contribution in [0.1, 0.15) is 47.0 Å². The van der Waals surface area contributed by atoms with Crippen molar-refractivity contribution < 1.29 is 14.2 Å². The van der Waals surface area contributed by atoms with Gasteiger partial charge >= 0.3 is 0 Å². The molecule has 0 amide bonds. The molecule has 0 spiro atoms. The largest absolute Gasteiger partial charge is 0.493 e. The minimum absolute atomic E-state index is 0.0562. The van der Waals surface area contributed by atoms with Gasteiger partial charge in [0.05, 0.1) is 12.7 Å². The molecule has 2 aromatic heterocycles. The van der Waals surface area contributed by atoms with Crippen molar-refractivity contribution in [3.8, 4) is 11.5 Å². The zero-order chi connectivity index (χ0) is 26.5. The molecule has 4 rings (SSSR count). The second-order valence-electron chi connectivity index (χ2n) is 11.3. The Bertz CT molecular complexity index is 1100. The Morgan fingerprint density at radius 1 is 1.16 bits per heavy atom. The van der Waals surface area contributed by atoms with Crippen LogP contribution in [-0.4, -0.2) is 55.5 Å². The second-order valence-corrected chi connectivity index (χ2v) is 12.4. The van der Waals surface area contributed by atoms with Crippen molar-refractivity contribution in [2.24, 2.45) is 24.3 Å². The SMILES string of the molecule is CO[C@@H]1[C@@H](Cn2cncn2)[C@H](COc2ccc(OC(C)(C)C)cc2)CC[C@@]1(C)CCSc1nccn1C. The molecule has 1 saturated carbocycles. The van der Waals surface area contributed by atoms with Gasteiger partial charge < -0.3 is 18.8 Å². The molecule has 9 heteroatoms. The van der Waals surface area contributed by atoms with Crippen molar-refractivity contribution in [1.29, 1.82) is 0 Å². The van der Waals surface area contributed by atoms with Crippen LogP contribution in [0.25, 0.3) is 0 Å². The van der Waals surface area contributed by atoms with E-state index in [-0.39, 0.29) is 23.0 Å². The third kappa shape index (κ3) is 7.29. The molecule has 37 heavy (non-hydrogen) atoms. The van der Waals surface area contributed by atoms with Gasteiger partial charge in [-0.1, -0.05) is 18.7 Å². The van der Waals surface area contributed by atoms with E-state index < -0.39 is 0 Å². The highest BCUT2D eigenvalue weighted by atomic mass is 32.2. The average Bonchev–Trinajstić information content (AvgIpc) is 3.51. The molecular formula is C28H41N5O3S. The Labute approximate surface area is 225 Å². The summed E-state index contributed by atoms with van der Waals surface area (Å²) in [7, 11) is 3.89. The zero-order valence-electron chi connectivity index (χ0n) is 23.0. The molecule has 0 N–H and O–H groups in total. The van der Waals surface area contributed by atoms with Crippen LogP contribution in [0.3, 0.4) is 0 Å². The highest BCUT2D eigenvalue weighted by molar-refractivity contribution is 7.99. The normalized spacial score (nSPS) is 24.2. The zero-order valence-corrected chi connectivity index (χ0v) is 23.8. The number of ether oxygens (including phenoxy) is 3. The van der Waals surface area contributed by atoms with Gasteiger partial charge in [0.2, 0.25) is 0 Å². The van der Waals surface area contributed by atoms with Crippen LogP contribution in [0.4, 0.5) is 0 Å². The second kappa shape index (κ2) is 11.9. The fourth-order valence-electron chi connectivity index (χ4n) is 5.38. The first-order chi connectivity index (χ1) is 17.7. The van der Waals surface area contributed by atoms with E-state index in [1.807, 2.05) is 88.0 Å². The Morgan fingerprint density at radius 2 is 1.92 bits per heavy atom. The standard InChI is InChI=1S/C28H41N5O3S/c1-27(2,3)36-23-9-7-22(8-10-23)35-18-21-11-12-28(4,13-16-37-26-30-14-15-32(26)5)25(34-6)24(21)17-33-20-29-19-31-33/h7-10,14-15,19-21,24-25H,11-13,16-18H2,1-6H3/t21-,24-,25+,28-/m0/s1. The Hall–Kier alpha value is -2.52. The molecule has 4 atom stereocenters. The van der Waals surface area contributed by atoms with Crippen molar-refractivity contribution in [3.63, 3.8) is 0 Å². The molecule has 0 unspecified atom stereocenters. The summed E-state index contributed by atoms with van der Waals surface area (Å²) in [6.45, 7) is 9.91. The maximum atomic E-state index is 6.31. The maximum Gasteiger partial charge on any atom is 0.167 e. The number of nitrogens with zero attached hydrogens (tertiary/aromatic N) is 5. The lowest BCUT2D eigenvalue weighted by Gasteiger charge is -2.49. The minimum Gasteiger partial charge on any atom is -0.493 e. The topological polar surface area (TPSA) is 76.2 Å². The number of aryl methyl sites for hydroxylation is 1. The number of aromatic nitrogens is 5. The third-order valence-corrected chi connectivity index (χ3v) is 8.34. The number of thioether (sulfide) groups is 1. The van der Waals surface area contributed by atoms with Crippen LogP contribution < -0.4 is 9.47 Å². The van der Waals surface area contributed by atoms with Gasteiger partial charge in [0.25, 0.3) is 0 Å². The smallest absolute Gasteiger partial charge is 0.167 e. The van der Waals surface area contributed by atoms with Crippen LogP contribution in [0, 0.1) is 17.3 Å². The van der Waals surface area contributed by atoms with Crippen LogP contribution in [0.2, 0.25) is 0 Å². The summed E-state index contributed by atoms with van der Waals surface area (Å²) in [5, 5.41) is 5.46. The molecule has 8 nitrogen and oxygen atoms in total. The molecule has 1 aliphatic carbocycles. The Balaban J connectivity index is 1.43. The predicted molar refractivity (Wildman–Crippen MR) is 146 cm³/mol. The first-order valence-electron chi connectivity index (χ1n) is 13.0. The van der Waals surface area contributed by atoms with Crippen LogP contribution >= 0.6 is 11.8 Å². The quantitative estimate of drug-likeness (QED) is 0.305. The van der Waals surface area contributed by atoms with Gasteiger partial charge in [-0.25, -0.2) is 9.97 Å². The lowest BCUT2D eigenvalue weighted by molar-refractivity contribution is -0.106. The summed E-state index contributed by atoms with van der Waals surface area (Å²) < 4.78 is 22.5. The summed E-state index contributed by atoms with van der Waals surface area (Å²) in [5.41, 5.74) is -0.169. The van der Waals surface area contributed by atoms with Crippen molar-refractivity contribution >= 4 is 11.8 Å². The third-order valence-electron chi connectivity index (χ3n) is 7.28. The van der Waals surface area contributed by atoms with Gasteiger partial charge in [-0.15, -0.1) is 0 Å². The molecule has 0 aliphatic heterocycles. The highest BCUT2D eigenvalue weighted by Gasteiger charge is 2.47. The monoisotopic (exact) mass is 527 g/mol. The number of methoxy groups -OCH3 is 1. The van der Waals surface area contributed by atoms with Gasteiger partial charge in [-0.05, 0) is 69.7 Å². The average molecular weight is 528 g/mol. The van der Waals surface area contributed by atoms with Crippen molar-refractivity contribution in [2.45, 2.75) is 70.4 Å². The van der Waals surface area contributed by atoms with E-state index in [4.69, 9.17) is 14.2 Å². The van der Waals surface area contributed by atoms with Crippen molar-refractivity contribution in [3.05, 3.63) is 49.3 Å². The number of hydrogen-bond acceptors (Lipinski definition) is 7. The minimum atomic E-state index is -0.225. The molecule has 0 radical (unpaired) electrons. The molecular weight excluding hydrogens is 486 g/mol. The Morgan fingerprint density at radius 3 is 2.54 bits per heavy atom. The molecule has 3 aromatic rings. The van der Waals surface area contributed by atoms with E-state index in [9.17, 15) is 0 Å². The van der Waals surface area contributed by atoms with E-state index in [1.165, 1.54) is 0 Å². The number of benzene rings is 1. The van der Waals surface area contributed by atoms with Crippen molar-refractivity contribution in [2.75, 3.05) is 19.5 Å². The molecule has 0 saturated heterocycles. The predicted octanol–water partition coefficient (Wildman–Crippen LogP) is 5.50. The van der Waals surface area contributed by atoms with Gasteiger partial charge in [-0.2, -0.15) is 5.10 Å². The van der Waals surface area contributed by atoms with Crippen LogP contribution in [0.15, 0.2) is 54.5 Å². The molecule has 1 aliphatic rings. The molecule has 202 valence electrons. The highest BCUT2D eigenvalue weighted by Crippen LogP contribution is 2.47. The molecule has 2 heterocycles. The van der Waals surface area contributed by atoms with E-state index >= 15 is 0 Å². The van der Waals surface area contributed by atoms with Crippen molar-refractivity contribution in [1.82, 2.24) is 24.3 Å². The van der Waals surface area contributed by atoms with Gasteiger partial charge in [0, 0.05) is 50.7 Å². The summed E-state index contributed by atoms with van der Waals surface area (Å²) in [5.74, 6) is 3.30. The maximum absolute atomic E-state index is 6.31. The van der Waals surface area contributed by atoms with Crippen LogP contribution in [-0.2, 0) is 18.3 Å². The van der Waals surface area contributed by atoms with Gasteiger partial charge in [0.15, 0.2) is 5.16 Å². The van der Waals surface area contributed by atoms with E-state index in [0.717, 1.165) is 48.2 Å². The first-order valence-corrected chi connectivity index (χ1v) is 14.0. The number of imidazole rings is 1. The molecule has 1 aromatic carbocycles. The van der Waals surface area contributed by atoms with Crippen LogP contribution in [0.5, 0.6) is 11.5 Å². The fraction of sp³-hybridized carbons (Fsp3) is 0.607. The lowest BCUT2D eigenvalue weighted by Crippen LogP contribution is -2.50. The lowest BCUT2D eigenvalue weighted by atomic mass is 9.63. The van der Waals surface area contributed by atoms with E-state index in [1.54, 1.807) is 12.7 Å². The molecule has 1 fully saturated rings. The Kier molecular flexibility index (Phi) is 8.85. The first kappa shape index (κ1) is 27.5. The van der Waals surface area contributed by atoms with Gasteiger partial charge in [0.1, 0.15) is 29.8 Å². The fourth-order valence-corrected chi connectivity index (χ4v) is 6.53. The summed E-state index contributed by atoms with van der Waals surface area (Å²) >= 11 is 1.81. The molecule has 0 bridgehead atoms. The van der Waals surface area contributed by atoms with E-state index in [2.05, 4.69) is 26.6 Å². The number of hydrogen-bond donors (Lipinski definition) is 0. The number of rotatable bonds is 11.